The van der Waals surface area contributed by atoms with Crippen molar-refractivity contribution in [1.29, 1.82) is 0 Å². The first kappa shape index (κ1) is 13.3. The predicted octanol–water partition coefficient (Wildman–Crippen LogP) is 1.42. The molecule has 0 spiro atoms. The van der Waals surface area contributed by atoms with Gasteiger partial charge in [-0.3, -0.25) is 4.90 Å². The van der Waals surface area contributed by atoms with E-state index in [2.05, 4.69) is 37.7 Å². The maximum Gasteiger partial charge on any atom is 0.0695 e. The summed E-state index contributed by atoms with van der Waals surface area (Å²) in [6.07, 6.45) is 3.26. The average molecular weight is 240 g/mol. The van der Waals surface area contributed by atoms with E-state index in [-0.39, 0.29) is 6.10 Å². The van der Waals surface area contributed by atoms with Crippen molar-refractivity contribution in [2.45, 2.75) is 51.3 Å². The minimum atomic E-state index is -0.0979. The highest BCUT2D eigenvalue weighted by Gasteiger charge is 2.39. The zero-order valence-corrected chi connectivity index (χ0v) is 11.8. The molecule has 0 radical (unpaired) electrons. The number of aliphatic hydroxyl groups is 1. The number of aliphatic hydroxyl groups excluding tert-OH is 1. The van der Waals surface area contributed by atoms with Gasteiger partial charge in [0, 0.05) is 25.2 Å². The first-order valence-electron chi connectivity index (χ1n) is 7.07. The molecule has 0 bridgehead atoms. The van der Waals surface area contributed by atoms with Crippen molar-refractivity contribution < 1.29 is 5.11 Å². The van der Waals surface area contributed by atoms with Crippen LogP contribution >= 0.6 is 0 Å². The van der Waals surface area contributed by atoms with E-state index in [1.54, 1.807) is 0 Å². The monoisotopic (exact) mass is 240 g/mol. The van der Waals surface area contributed by atoms with Gasteiger partial charge in [0.25, 0.3) is 0 Å². The molecule has 3 nitrogen and oxygen atoms in total. The van der Waals surface area contributed by atoms with Crippen LogP contribution in [0.4, 0.5) is 0 Å². The normalized spacial score (nSPS) is 44.5. The summed E-state index contributed by atoms with van der Waals surface area (Å²) in [7, 11) is 4.34. The minimum absolute atomic E-state index is 0.0979. The van der Waals surface area contributed by atoms with Gasteiger partial charge in [0.1, 0.15) is 0 Å². The van der Waals surface area contributed by atoms with Gasteiger partial charge in [0.2, 0.25) is 0 Å². The molecule has 3 heteroatoms. The Morgan fingerprint density at radius 2 is 1.82 bits per heavy atom. The first-order valence-corrected chi connectivity index (χ1v) is 7.07. The standard InChI is InChI=1S/C14H28N2O/c1-10-5-6-14(17)12(7-10)16-8-11(2)13(9-16)15(3)4/h10-14,17H,5-9H2,1-4H3. The Hall–Kier alpha value is -0.120. The molecule has 17 heavy (non-hydrogen) atoms. The highest BCUT2D eigenvalue weighted by molar-refractivity contribution is 4.94. The van der Waals surface area contributed by atoms with Crippen LogP contribution in [0.5, 0.6) is 0 Å². The Balaban J connectivity index is 1.98. The van der Waals surface area contributed by atoms with Gasteiger partial charge in [-0.05, 0) is 45.2 Å². The average Bonchev–Trinajstić information content (AvgIpc) is 2.64. The van der Waals surface area contributed by atoms with Crippen molar-refractivity contribution in [2.75, 3.05) is 27.2 Å². The van der Waals surface area contributed by atoms with Crippen LogP contribution in [0.15, 0.2) is 0 Å². The van der Waals surface area contributed by atoms with Gasteiger partial charge in [-0.15, -0.1) is 0 Å². The highest BCUT2D eigenvalue weighted by Crippen LogP contribution is 2.32. The molecule has 1 saturated carbocycles. The number of likely N-dealkylation sites (tertiary alicyclic amines) is 1. The Morgan fingerprint density at radius 1 is 1.12 bits per heavy atom. The van der Waals surface area contributed by atoms with E-state index in [1.165, 1.54) is 12.8 Å². The molecule has 0 aromatic rings. The summed E-state index contributed by atoms with van der Waals surface area (Å²) in [5.41, 5.74) is 0. The van der Waals surface area contributed by atoms with E-state index in [9.17, 15) is 5.11 Å². The number of nitrogens with zero attached hydrogens (tertiary/aromatic N) is 2. The summed E-state index contributed by atoms with van der Waals surface area (Å²) in [6, 6.07) is 1.06. The molecule has 5 atom stereocenters. The Morgan fingerprint density at radius 3 is 2.41 bits per heavy atom. The van der Waals surface area contributed by atoms with Crippen molar-refractivity contribution in [2.24, 2.45) is 11.8 Å². The maximum absolute atomic E-state index is 10.2. The molecule has 2 aliphatic rings. The molecule has 5 unspecified atom stereocenters. The lowest BCUT2D eigenvalue weighted by molar-refractivity contribution is 0.0132. The Labute approximate surface area is 106 Å². The van der Waals surface area contributed by atoms with Crippen LogP contribution in [0.25, 0.3) is 0 Å². The van der Waals surface area contributed by atoms with Crippen LogP contribution in [0.3, 0.4) is 0 Å². The lowest BCUT2D eigenvalue weighted by Gasteiger charge is -2.38. The third-order valence-electron chi connectivity index (χ3n) is 4.78. The largest absolute Gasteiger partial charge is 0.391 e. The molecule has 1 aliphatic heterocycles. The molecule has 0 amide bonds. The number of rotatable bonds is 2. The molecule has 1 N–H and O–H groups in total. The molecule has 1 saturated heterocycles. The molecule has 1 aliphatic carbocycles. The van der Waals surface area contributed by atoms with Crippen molar-refractivity contribution in [3.05, 3.63) is 0 Å². The van der Waals surface area contributed by atoms with E-state index in [0.717, 1.165) is 31.3 Å². The molecule has 0 aromatic carbocycles. The first-order chi connectivity index (χ1) is 7.99. The molecule has 1 heterocycles. The van der Waals surface area contributed by atoms with Gasteiger partial charge >= 0.3 is 0 Å². The van der Waals surface area contributed by atoms with Crippen LogP contribution in [0.2, 0.25) is 0 Å². The highest BCUT2D eigenvalue weighted by atomic mass is 16.3. The van der Waals surface area contributed by atoms with Crippen LogP contribution in [-0.2, 0) is 0 Å². The predicted molar refractivity (Wildman–Crippen MR) is 71.0 cm³/mol. The molecule has 2 rings (SSSR count). The number of hydrogen-bond donors (Lipinski definition) is 1. The van der Waals surface area contributed by atoms with E-state index in [4.69, 9.17) is 0 Å². The molecule has 100 valence electrons. The zero-order valence-electron chi connectivity index (χ0n) is 11.8. The van der Waals surface area contributed by atoms with E-state index >= 15 is 0 Å². The van der Waals surface area contributed by atoms with E-state index in [1.807, 2.05) is 0 Å². The topological polar surface area (TPSA) is 26.7 Å². The van der Waals surface area contributed by atoms with Crippen LogP contribution < -0.4 is 0 Å². The summed E-state index contributed by atoms with van der Waals surface area (Å²) in [5, 5.41) is 10.2. The second-order valence-electron chi connectivity index (χ2n) is 6.52. The van der Waals surface area contributed by atoms with Crippen LogP contribution in [0.1, 0.15) is 33.1 Å². The smallest absolute Gasteiger partial charge is 0.0695 e. The summed E-state index contributed by atoms with van der Waals surface area (Å²) in [4.78, 5) is 4.87. The van der Waals surface area contributed by atoms with Gasteiger partial charge < -0.3 is 10.0 Å². The van der Waals surface area contributed by atoms with Crippen LogP contribution in [-0.4, -0.2) is 60.3 Å². The number of likely N-dealkylation sites (N-methyl/N-ethyl adjacent to an activating group) is 1. The van der Waals surface area contributed by atoms with E-state index in [0.29, 0.717) is 12.1 Å². The zero-order chi connectivity index (χ0) is 12.6. The van der Waals surface area contributed by atoms with Crippen LogP contribution in [0, 0.1) is 11.8 Å². The van der Waals surface area contributed by atoms with Gasteiger partial charge in [-0.25, -0.2) is 0 Å². The van der Waals surface area contributed by atoms with Gasteiger partial charge in [0.15, 0.2) is 0 Å². The summed E-state index contributed by atoms with van der Waals surface area (Å²) in [6.45, 7) is 6.94. The third-order valence-corrected chi connectivity index (χ3v) is 4.78. The fourth-order valence-corrected chi connectivity index (χ4v) is 3.66. The summed E-state index contributed by atoms with van der Waals surface area (Å²) >= 11 is 0. The van der Waals surface area contributed by atoms with E-state index < -0.39 is 0 Å². The lowest BCUT2D eigenvalue weighted by Crippen LogP contribution is -2.47. The molecule has 2 fully saturated rings. The van der Waals surface area contributed by atoms with Crippen molar-refractivity contribution in [3.63, 3.8) is 0 Å². The second-order valence-corrected chi connectivity index (χ2v) is 6.52. The maximum atomic E-state index is 10.2. The van der Waals surface area contributed by atoms with Gasteiger partial charge in [-0.1, -0.05) is 13.8 Å². The third kappa shape index (κ3) is 2.83. The quantitative estimate of drug-likeness (QED) is 0.791. The number of hydrogen-bond acceptors (Lipinski definition) is 3. The SMILES string of the molecule is CC1CCC(O)C(N2CC(C)C(N(C)C)C2)C1. The minimum Gasteiger partial charge on any atom is -0.391 e. The molecular formula is C14H28N2O. The molecule has 0 aromatic heterocycles. The van der Waals surface area contributed by atoms with Crippen molar-refractivity contribution in [1.82, 2.24) is 9.80 Å². The Bertz CT molecular complexity index is 257. The fraction of sp³-hybridized carbons (Fsp3) is 1.00. The lowest BCUT2D eigenvalue weighted by atomic mass is 9.84. The summed E-state index contributed by atoms with van der Waals surface area (Å²) in [5.74, 6) is 1.49. The second kappa shape index (κ2) is 5.25. The van der Waals surface area contributed by atoms with Gasteiger partial charge in [0.05, 0.1) is 6.10 Å². The van der Waals surface area contributed by atoms with Gasteiger partial charge in [-0.2, -0.15) is 0 Å². The summed E-state index contributed by atoms with van der Waals surface area (Å²) < 4.78 is 0. The van der Waals surface area contributed by atoms with Crippen molar-refractivity contribution in [3.8, 4) is 0 Å². The van der Waals surface area contributed by atoms with Crippen molar-refractivity contribution >= 4 is 0 Å². The molecular weight excluding hydrogens is 212 g/mol. The Kier molecular flexibility index (Phi) is 4.11. The fourth-order valence-electron chi connectivity index (χ4n) is 3.66.